The molecular weight excluding hydrogens is 204 g/mol. The first-order valence-electron chi connectivity index (χ1n) is 6.47. The minimum absolute atomic E-state index is 0.143. The summed E-state index contributed by atoms with van der Waals surface area (Å²) >= 11 is 0. The summed E-state index contributed by atoms with van der Waals surface area (Å²) in [6, 6.07) is 0. The number of hydrogen-bond donors (Lipinski definition) is 0. The van der Waals surface area contributed by atoms with Crippen LogP contribution in [0.4, 0.5) is 0 Å². The Kier molecular flexibility index (Phi) is 2.13. The van der Waals surface area contributed by atoms with Crippen LogP contribution in [0, 0.1) is 11.8 Å². The molecule has 2 atom stereocenters. The first-order chi connectivity index (χ1) is 7.68. The average molecular weight is 224 g/mol. The summed E-state index contributed by atoms with van der Waals surface area (Å²) < 4.78 is 10.9. The van der Waals surface area contributed by atoms with Crippen molar-refractivity contribution in [2.75, 3.05) is 7.11 Å². The molecule has 4 aliphatic rings. The largest absolute Gasteiger partial charge is 0.467 e. The monoisotopic (exact) mass is 224 g/mol. The van der Waals surface area contributed by atoms with Crippen LogP contribution in [0.15, 0.2) is 0 Å². The van der Waals surface area contributed by atoms with Gasteiger partial charge in [0.2, 0.25) is 0 Å². The van der Waals surface area contributed by atoms with Crippen LogP contribution in [-0.2, 0) is 14.3 Å². The van der Waals surface area contributed by atoms with Crippen LogP contribution in [0.25, 0.3) is 0 Å². The Labute approximate surface area is 96.5 Å². The standard InChI is InChI=1S/C13H20O3/c1-3-12(11(14)15-2)13(16-12)8-9-4-6-10(13)7-5-9/h9-10H,3-8H2,1-2H3. The number of hydrogen-bond acceptors (Lipinski definition) is 3. The third-order valence-electron chi connectivity index (χ3n) is 5.11. The number of methoxy groups -OCH3 is 1. The van der Waals surface area contributed by atoms with Crippen molar-refractivity contribution in [1.82, 2.24) is 0 Å². The van der Waals surface area contributed by atoms with Crippen LogP contribution < -0.4 is 0 Å². The van der Waals surface area contributed by atoms with E-state index in [1.165, 1.54) is 32.8 Å². The van der Waals surface area contributed by atoms with Gasteiger partial charge in [0, 0.05) is 0 Å². The maximum Gasteiger partial charge on any atom is 0.341 e. The van der Waals surface area contributed by atoms with E-state index < -0.39 is 5.60 Å². The molecule has 2 unspecified atom stereocenters. The van der Waals surface area contributed by atoms with Gasteiger partial charge in [-0.2, -0.15) is 0 Å². The lowest BCUT2D eigenvalue weighted by molar-refractivity contribution is -0.147. The molecule has 0 aromatic rings. The Hall–Kier alpha value is -0.570. The molecule has 3 saturated carbocycles. The van der Waals surface area contributed by atoms with E-state index in [1.807, 2.05) is 6.92 Å². The van der Waals surface area contributed by atoms with Crippen molar-refractivity contribution in [1.29, 1.82) is 0 Å². The number of carbonyl (C=O) groups excluding carboxylic acids is 1. The molecule has 0 aromatic carbocycles. The smallest absolute Gasteiger partial charge is 0.341 e. The Morgan fingerprint density at radius 1 is 1.38 bits per heavy atom. The van der Waals surface area contributed by atoms with E-state index in [0.717, 1.165) is 18.8 Å². The molecule has 4 fully saturated rings. The molecule has 4 rings (SSSR count). The minimum atomic E-state index is -0.592. The Balaban J connectivity index is 1.89. The van der Waals surface area contributed by atoms with E-state index in [4.69, 9.17) is 9.47 Å². The van der Waals surface area contributed by atoms with Crippen LogP contribution in [0.5, 0.6) is 0 Å². The zero-order valence-electron chi connectivity index (χ0n) is 10.1. The van der Waals surface area contributed by atoms with E-state index in [9.17, 15) is 4.79 Å². The summed E-state index contributed by atoms with van der Waals surface area (Å²) in [7, 11) is 1.47. The van der Waals surface area contributed by atoms with E-state index in [1.54, 1.807) is 0 Å². The molecule has 0 radical (unpaired) electrons. The van der Waals surface area contributed by atoms with Gasteiger partial charge in [0.25, 0.3) is 0 Å². The number of epoxide rings is 1. The third kappa shape index (κ3) is 1.05. The Morgan fingerprint density at radius 3 is 2.50 bits per heavy atom. The molecule has 3 heteroatoms. The van der Waals surface area contributed by atoms with Crippen molar-refractivity contribution in [2.24, 2.45) is 11.8 Å². The first-order valence-corrected chi connectivity index (χ1v) is 6.47. The predicted octanol–water partition coefficient (Wildman–Crippen LogP) is 2.29. The van der Waals surface area contributed by atoms with Gasteiger partial charge >= 0.3 is 5.97 Å². The summed E-state index contributed by atoms with van der Waals surface area (Å²) in [5, 5.41) is 0. The Morgan fingerprint density at radius 2 is 2.06 bits per heavy atom. The van der Waals surface area contributed by atoms with E-state index in [0.29, 0.717) is 5.92 Å². The van der Waals surface area contributed by atoms with Crippen molar-refractivity contribution >= 4 is 5.97 Å². The second-order valence-electron chi connectivity index (χ2n) is 5.59. The van der Waals surface area contributed by atoms with Gasteiger partial charge in [-0.05, 0) is 50.4 Å². The number of rotatable bonds is 2. The topological polar surface area (TPSA) is 38.8 Å². The first kappa shape index (κ1) is 10.6. The van der Waals surface area contributed by atoms with E-state index in [2.05, 4.69) is 0 Å². The van der Waals surface area contributed by atoms with Crippen molar-refractivity contribution in [3.63, 3.8) is 0 Å². The average Bonchev–Trinajstić information content (AvgIpc) is 2.98. The fourth-order valence-corrected chi connectivity index (χ4v) is 4.23. The molecule has 1 aliphatic heterocycles. The molecule has 0 aromatic heterocycles. The second-order valence-corrected chi connectivity index (χ2v) is 5.59. The van der Waals surface area contributed by atoms with Crippen LogP contribution in [0.1, 0.15) is 45.4 Å². The molecule has 3 nitrogen and oxygen atoms in total. The molecule has 3 aliphatic carbocycles. The molecule has 16 heavy (non-hydrogen) atoms. The van der Waals surface area contributed by atoms with Crippen molar-refractivity contribution in [2.45, 2.75) is 56.7 Å². The van der Waals surface area contributed by atoms with Crippen molar-refractivity contribution in [3.8, 4) is 0 Å². The van der Waals surface area contributed by atoms with Crippen LogP contribution >= 0.6 is 0 Å². The van der Waals surface area contributed by atoms with Crippen LogP contribution in [-0.4, -0.2) is 24.3 Å². The van der Waals surface area contributed by atoms with Gasteiger partial charge in [-0.3, -0.25) is 0 Å². The number of fused-ring (bicyclic) bond motifs is 2. The van der Waals surface area contributed by atoms with Crippen molar-refractivity contribution < 1.29 is 14.3 Å². The molecule has 2 bridgehead atoms. The van der Waals surface area contributed by atoms with E-state index in [-0.39, 0.29) is 11.6 Å². The van der Waals surface area contributed by atoms with Gasteiger partial charge in [0.1, 0.15) is 5.60 Å². The summed E-state index contributed by atoms with van der Waals surface area (Å²) in [6.07, 6.45) is 6.98. The lowest BCUT2D eigenvalue weighted by Crippen LogP contribution is -2.46. The lowest BCUT2D eigenvalue weighted by atomic mass is 9.60. The van der Waals surface area contributed by atoms with Crippen LogP contribution in [0.2, 0.25) is 0 Å². The highest BCUT2D eigenvalue weighted by molar-refractivity contribution is 5.85. The maximum atomic E-state index is 11.9. The van der Waals surface area contributed by atoms with Gasteiger partial charge in [-0.25, -0.2) is 4.79 Å². The van der Waals surface area contributed by atoms with Gasteiger partial charge in [0.15, 0.2) is 5.60 Å². The molecular formula is C13H20O3. The SMILES string of the molecule is CCC1(C(=O)OC)OC12CC1CCC2CC1. The molecule has 1 saturated heterocycles. The number of ether oxygens (including phenoxy) is 2. The lowest BCUT2D eigenvalue weighted by Gasteiger charge is -2.42. The van der Waals surface area contributed by atoms with Gasteiger partial charge < -0.3 is 9.47 Å². The maximum absolute atomic E-state index is 11.9. The normalized spacial score (nSPS) is 49.4. The summed E-state index contributed by atoms with van der Waals surface area (Å²) in [6.45, 7) is 2.04. The van der Waals surface area contributed by atoms with Crippen LogP contribution in [0.3, 0.4) is 0 Å². The fourth-order valence-electron chi connectivity index (χ4n) is 4.23. The highest BCUT2D eigenvalue weighted by atomic mass is 16.7. The predicted molar refractivity (Wildman–Crippen MR) is 58.9 cm³/mol. The van der Waals surface area contributed by atoms with E-state index >= 15 is 0 Å². The fraction of sp³-hybridized carbons (Fsp3) is 0.923. The number of esters is 1. The zero-order chi connectivity index (χ0) is 11.4. The summed E-state index contributed by atoms with van der Waals surface area (Å²) in [5.41, 5.74) is -0.735. The molecule has 0 N–H and O–H groups in total. The molecule has 90 valence electrons. The van der Waals surface area contributed by atoms with Gasteiger partial charge in [0.05, 0.1) is 7.11 Å². The highest BCUT2D eigenvalue weighted by Crippen LogP contribution is 2.66. The molecule has 1 spiro atoms. The third-order valence-corrected chi connectivity index (χ3v) is 5.11. The summed E-state index contributed by atoms with van der Waals surface area (Å²) in [5.74, 6) is 1.22. The van der Waals surface area contributed by atoms with Crippen molar-refractivity contribution in [3.05, 3.63) is 0 Å². The zero-order valence-corrected chi connectivity index (χ0v) is 10.1. The molecule has 1 heterocycles. The minimum Gasteiger partial charge on any atom is -0.467 e. The molecule has 0 amide bonds. The van der Waals surface area contributed by atoms with Gasteiger partial charge in [-0.1, -0.05) is 6.92 Å². The highest BCUT2D eigenvalue weighted by Gasteiger charge is 2.78. The quantitative estimate of drug-likeness (QED) is 0.533. The van der Waals surface area contributed by atoms with Gasteiger partial charge in [-0.15, -0.1) is 0 Å². The summed E-state index contributed by atoms with van der Waals surface area (Å²) in [4.78, 5) is 11.9. The number of carbonyl (C=O) groups is 1. The second kappa shape index (κ2) is 3.22. The Bertz CT molecular complexity index is 319.